The SMILES string of the molecule is COc1ccc(C(C)C)cc1-c1cn2cccc(C(=O)O)c2n1. The molecule has 0 aliphatic carbocycles. The van der Waals surface area contributed by atoms with E-state index in [0.29, 0.717) is 17.3 Å². The van der Waals surface area contributed by atoms with Crippen molar-refractivity contribution in [3.8, 4) is 17.0 Å². The van der Waals surface area contributed by atoms with Crippen molar-refractivity contribution in [3.05, 3.63) is 53.9 Å². The molecular formula is C18H18N2O3. The molecule has 23 heavy (non-hydrogen) atoms. The zero-order chi connectivity index (χ0) is 16.6. The first-order valence-corrected chi connectivity index (χ1v) is 7.40. The highest BCUT2D eigenvalue weighted by Crippen LogP contribution is 2.32. The first-order valence-electron chi connectivity index (χ1n) is 7.40. The largest absolute Gasteiger partial charge is 0.496 e. The van der Waals surface area contributed by atoms with Crippen LogP contribution < -0.4 is 4.74 Å². The lowest BCUT2D eigenvalue weighted by molar-refractivity contribution is 0.0698. The Morgan fingerprint density at radius 1 is 1.30 bits per heavy atom. The Morgan fingerprint density at radius 3 is 2.74 bits per heavy atom. The van der Waals surface area contributed by atoms with Crippen LogP contribution in [-0.2, 0) is 0 Å². The van der Waals surface area contributed by atoms with E-state index in [1.807, 2.05) is 24.4 Å². The third-order valence-corrected chi connectivity index (χ3v) is 3.88. The Morgan fingerprint density at radius 2 is 2.09 bits per heavy atom. The number of benzene rings is 1. The third kappa shape index (κ3) is 2.65. The summed E-state index contributed by atoms with van der Waals surface area (Å²) in [7, 11) is 1.62. The fraction of sp³-hybridized carbons (Fsp3) is 0.222. The number of aromatic nitrogens is 2. The first-order chi connectivity index (χ1) is 11.0. The smallest absolute Gasteiger partial charge is 0.339 e. The van der Waals surface area contributed by atoms with Gasteiger partial charge in [-0.05, 0) is 35.7 Å². The van der Waals surface area contributed by atoms with E-state index in [1.165, 1.54) is 5.56 Å². The summed E-state index contributed by atoms with van der Waals surface area (Å²) in [4.78, 5) is 15.9. The fourth-order valence-electron chi connectivity index (χ4n) is 2.59. The second-order valence-corrected chi connectivity index (χ2v) is 5.70. The number of fused-ring (bicyclic) bond motifs is 1. The average Bonchev–Trinajstić information content (AvgIpc) is 2.97. The van der Waals surface area contributed by atoms with Crippen LogP contribution in [0.3, 0.4) is 0 Å². The highest BCUT2D eigenvalue weighted by atomic mass is 16.5. The molecule has 0 atom stereocenters. The molecule has 0 aliphatic rings. The van der Waals surface area contributed by atoms with Crippen LogP contribution in [0.25, 0.3) is 16.9 Å². The second-order valence-electron chi connectivity index (χ2n) is 5.70. The number of pyridine rings is 1. The van der Waals surface area contributed by atoms with Gasteiger partial charge in [-0.3, -0.25) is 0 Å². The highest BCUT2D eigenvalue weighted by Gasteiger charge is 2.16. The van der Waals surface area contributed by atoms with Gasteiger partial charge in [-0.15, -0.1) is 0 Å². The van der Waals surface area contributed by atoms with E-state index in [0.717, 1.165) is 11.3 Å². The number of methoxy groups -OCH3 is 1. The minimum atomic E-state index is -0.990. The van der Waals surface area contributed by atoms with E-state index >= 15 is 0 Å². The molecule has 3 aromatic rings. The Hall–Kier alpha value is -2.82. The first kappa shape index (κ1) is 15.1. The van der Waals surface area contributed by atoms with E-state index in [2.05, 4.69) is 18.8 Å². The van der Waals surface area contributed by atoms with E-state index in [-0.39, 0.29) is 5.56 Å². The number of aromatic carboxylic acids is 1. The normalized spacial score (nSPS) is 11.1. The van der Waals surface area contributed by atoms with Gasteiger partial charge in [-0.2, -0.15) is 0 Å². The van der Waals surface area contributed by atoms with Crippen molar-refractivity contribution in [2.45, 2.75) is 19.8 Å². The number of rotatable bonds is 4. The molecule has 1 aromatic carbocycles. The summed E-state index contributed by atoms with van der Waals surface area (Å²) in [6.07, 6.45) is 3.61. The summed E-state index contributed by atoms with van der Waals surface area (Å²) < 4.78 is 7.17. The summed E-state index contributed by atoms with van der Waals surface area (Å²) >= 11 is 0. The van der Waals surface area contributed by atoms with Crippen molar-refractivity contribution in [2.75, 3.05) is 7.11 Å². The van der Waals surface area contributed by atoms with E-state index in [9.17, 15) is 9.90 Å². The van der Waals surface area contributed by atoms with Crippen molar-refractivity contribution < 1.29 is 14.6 Å². The van der Waals surface area contributed by atoms with Crippen LogP contribution in [0.15, 0.2) is 42.7 Å². The van der Waals surface area contributed by atoms with Crippen LogP contribution in [0.2, 0.25) is 0 Å². The molecule has 0 fully saturated rings. The average molecular weight is 310 g/mol. The van der Waals surface area contributed by atoms with Crippen LogP contribution in [0.5, 0.6) is 5.75 Å². The molecule has 0 saturated heterocycles. The molecule has 0 bridgehead atoms. The number of carboxylic acids is 1. The number of carbonyl (C=O) groups is 1. The maximum atomic E-state index is 11.3. The maximum Gasteiger partial charge on any atom is 0.339 e. The van der Waals surface area contributed by atoms with Gasteiger partial charge in [0, 0.05) is 18.0 Å². The summed E-state index contributed by atoms with van der Waals surface area (Å²) in [5.74, 6) is 0.108. The lowest BCUT2D eigenvalue weighted by Crippen LogP contribution is -1.99. The zero-order valence-electron chi connectivity index (χ0n) is 13.3. The number of hydrogen-bond donors (Lipinski definition) is 1. The maximum absolute atomic E-state index is 11.3. The van der Waals surface area contributed by atoms with Gasteiger partial charge in [0.15, 0.2) is 5.65 Å². The molecule has 0 spiro atoms. The van der Waals surface area contributed by atoms with Crippen molar-refractivity contribution in [1.29, 1.82) is 0 Å². The molecule has 0 unspecified atom stereocenters. The number of ether oxygens (including phenoxy) is 1. The van der Waals surface area contributed by atoms with Gasteiger partial charge in [0.2, 0.25) is 0 Å². The molecule has 0 aliphatic heterocycles. The van der Waals surface area contributed by atoms with Gasteiger partial charge < -0.3 is 14.2 Å². The molecule has 118 valence electrons. The highest BCUT2D eigenvalue weighted by molar-refractivity contribution is 5.94. The summed E-state index contributed by atoms with van der Waals surface area (Å²) in [6, 6.07) is 9.25. The molecular weight excluding hydrogens is 292 g/mol. The monoisotopic (exact) mass is 310 g/mol. The fourth-order valence-corrected chi connectivity index (χ4v) is 2.59. The van der Waals surface area contributed by atoms with Gasteiger partial charge >= 0.3 is 5.97 Å². The Bertz CT molecular complexity index is 881. The van der Waals surface area contributed by atoms with E-state index in [4.69, 9.17) is 4.74 Å². The Kier molecular flexibility index (Phi) is 3.78. The summed E-state index contributed by atoms with van der Waals surface area (Å²) in [6.45, 7) is 4.25. The Balaban J connectivity index is 2.22. The number of hydrogen-bond acceptors (Lipinski definition) is 3. The van der Waals surface area contributed by atoms with Crippen LogP contribution in [0.4, 0.5) is 0 Å². The van der Waals surface area contributed by atoms with E-state index in [1.54, 1.807) is 29.8 Å². The standard InChI is InChI=1S/C18H18N2O3/c1-11(2)12-6-7-16(23-3)14(9-12)15-10-20-8-4-5-13(18(21)22)17(20)19-15/h4-11H,1-3H3,(H,21,22). The molecule has 0 saturated carbocycles. The molecule has 5 nitrogen and oxygen atoms in total. The van der Waals surface area contributed by atoms with Gasteiger partial charge in [0.1, 0.15) is 11.3 Å². The molecule has 1 N–H and O–H groups in total. The summed E-state index contributed by atoms with van der Waals surface area (Å²) in [5, 5.41) is 9.30. The zero-order valence-corrected chi connectivity index (χ0v) is 13.3. The molecule has 3 rings (SSSR count). The topological polar surface area (TPSA) is 63.8 Å². The van der Waals surface area contributed by atoms with Crippen molar-refractivity contribution in [1.82, 2.24) is 9.38 Å². The second kappa shape index (κ2) is 5.76. The number of carboxylic acid groups (broad SMARTS) is 1. The minimum Gasteiger partial charge on any atom is -0.496 e. The van der Waals surface area contributed by atoms with Crippen molar-refractivity contribution in [2.24, 2.45) is 0 Å². The number of nitrogens with zero attached hydrogens (tertiary/aromatic N) is 2. The molecule has 5 heteroatoms. The van der Waals surface area contributed by atoms with Gasteiger partial charge in [0.05, 0.1) is 12.8 Å². The van der Waals surface area contributed by atoms with Crippen molar-refractivity contribution in [3.63, 3.8) is 0 Å². The van der Waals surface area contributed by atoms with Crippen LogP contribution in [0.1, 0.15) is 35.7 Å². The van der Waals surface area contributed by atoms with E-state index < -0.39 is 5.97 Å². The lowest BCUT2D eigenvalue weighted by Gasteiger charge is -2.11. The van der Waals surface area contributed by atoms with Gasteiger partial charge in [0.25, 0.3) is 0 Å². The minimum absolute atomic E-state index is 0.178. The lowest BCUT2D eigenvalue weighted by atomic mass is 9.99. The molecule has 0 radical (unpaired) electrons. The number of imidazole rings is 1. The third-order valence-electron chi connectivity index (χ3n) is 3.88. The van der Waals surface area contributed by atoms with Crippen LogP contribution >= 0.6 is 0 Å². The molecule has 2 heterocycles. The molecule has 0 amide bonds. The Labute approximate surface area is 134 Å². The molecule has 2 aromatic heterocycles. The van der Waals surface area contributed by atoms with Crippen LogP contribution in [0, 0.1) is 0 Å². The predicted octanol–water partition coefficient (Wildman–Crippen LogP) is 3.83. The quantitative estimate of drug-likeness (QED) is 0.795. The summed E-state index contributed by atoms with van der Waals surface area (Å²) in [5.41, 5.74) is 3.33. The van der Waals surface area contributed by atoms with Gasteiger partial charge in [-0.1, -0.05) is 19.9 Å². The van der Waals surface area contributed by atoms with Gasteiger partial charge in [-0.25, -0.2) is 9.78 Å². The van der Waals surface area contributed by atoms with Crippen molar-refractivity contribution >= 4 is 11.6 Å². The predicted molar refractivity (Wildman–Crippen MR) is 88.2 cm³/mol. The van der Waals surface area contributed by atoms with Crippen LogP contribution in [-0.4, -0.2) is 27.6 Å².